The van der Waals surface area contributed by atoms with Crippen molar-refractivity contribution in [3.8, 4) is 0 Å². The van der Waals surface area contributed by atoms with E-state index in [-0.39, 0.29) is 18.2 Å². The van der Waals surface area contributed by atoms with Crippen LogP contribution in [0, 0.1) is 0 Å². The number of nitrogens with zero attached hydrogens (tertiary/aromatic N) is 1. The van der Waals surface area contributed by atoms with Gasteiger partial charge in [-0.3, -0.25) is 0 Å². The number of aliphatic hydroxyl groups is 1. The smallest absolute Gasteiger partial charge is 0.317 e. The van der Waals surface area contributed by atoms with E-state index >= 15 is 0 Å². The van der Waals surface area contributed by atoms with Crippen LogP contribution in [0.4, 0.5) is 4.79 Å². The molecule has 1 aromatic carbocycles. The second kappa shape index (κ2) is 5.74. The van der Waals surface area contributed by atoms with Crippen molar-refractivity contribution in [1.29, 1.82) is 0 Å². The monoisotopic (exact) mass is 338 g/mol. The summed E-state index contributed by atoms with van der Waals surface area (Å²) in [6.45, 7) is 1.20. The summed E-state index contributed by atoms with van der Waals surface area (Å²) >= 11 is 3.56. The number of piperidine rings is 1. The van der Waals surface area contributed by atoms with Crippen molar-refractivity contribution in [1.82, 2.24) is 10.2 Å². The first kappa shape index (κ1) is 13.9. The van der Waals surface area contributed by atoms with Gasteiger partial charge in [-0.15, -0.1) is 0 Å². The fourth-order valence-electron chi connectivity index (χ4n) is 2.86. The number of halogens is 1. The molecule has 0 aromatic heterocycles. The second-order valence-electron chi connectivity index (χ2n) is 5.66. The zero-order valence-electron chi connectivity index (χ0n) is 11.3. The Kier molecular flexibility index (Phi) is 3.98. The van der Waals surface area contributed by atoms with Crippen LogP contribution >= 0.6 is 15.9 Å². The van der Waals surface area contributed by atoms with Crippen LogP contribution in [0.3, 0.4) is 0 Å². The van der Waals surface area contributed by atoms with Gasteiger partial charge in [0.15, 0.2) is 0 Å². The Morgan fingerprint density at radius 1 is 1.40 bits per heavy atom. The molecule has 5 heteroatoms. The number of hydrogen-bond donors (Lipinski definition) is 2. The van der Waals surface area contributed by atoms with E-state index in [1.54, 1.807) is 4.90 Å². The van der Waals surface area contributed by atoms with E-state index < -0.39 is 0 Å². The SMILES string of the molecule is O=C(NC1CC1c1ccccc1Br)N1CCCC(O)C1. The average molecular weight is 339 g/mol. The molecule has 1 saturated heterocycles. The lowest BCUT2D eigenvalue weighted by molar-refractivity contribution is 0.0841. The van der Waals surface area contributed by atoms with Crippen LogP contribution in [0.2, 0.25) is 0 Å². The van der Waals surface area contributed by atoms with Crippen molar-refractivity contribution in [2.24, 2.45) is 0 Å². The molecule has 20 heavy (non-hydrogen) atoms. The second-order valence-corrected chi connectivity index (χ2v) is 6.52. The molecule has 0 spiro atoms. The Morgan fingerprint density at radius 2 is 2.20 bits per heavy atom. The molecule has 108 valence electrons. The van der Waals surface area contributed by atoms with Crippen molar-refractivity contribution >= 4 is 22.0 Å². The summed E-state index contributed by atoms with van der Waals surface area (Å²) < 4.78 is 1.11. The molecule has 0 bridgehead atoms. The van der Waals surface area contributed by atoms with Gasteiger partial charge >= 0.3 is 6.03 Å². The number of rotatable bonds is 2. The van der Waals surface area contributed by atoms with Crippen LogP contribution in [-0.2, 0) is 0 Å². The number of amides is 2. The lowest BCUT2D eigenvalue weighted by atomic mass is 10.1. The van der Waals surface area contributed by atoms with E-state index in [0.29, 0.717) is 12.5 Å². The molecule has 2 fully saturated rings. The molecule has 1 heterocycles. The predicted molar refractivity (Wildman–Crippen MR) is 80.6 cm³/mol. The van der Waals surface area contributed by atoms with E-state index in [1.807, 2.05) is 18.2 Å². The Labute approximate surface area is 127 Å². The summed E-state index contributed by atoms with van der Waals surface area (Å²) in [7, 11) is 0. The van der Waals surface area contributed by atoms with Crippen molar-refractivity contribution in [2.45, 2.75) is 37.3 Å². The van der Waals surface area contributed by atoms with Crippen molar-refractivity contribution in [3.05, 3.63) is 34.3 Å². The number of hydrogen-bond acceptors (Lipinski definition) is 2. The Hall–Kier alpha value is -1.07. The molecule has 2 aliphatic rings. The van der Waals surface area contributed by atoms with Gasteiger partial charge in [0.1, 0.15) is 0 Å². The molecule has 1 aliphatic heterocycles. The molecule has 1 aromatic rings. The minimum atomic E-state index is -0.368. The standard InChI is InChI=1S/C15H19BrN2O2/c16-13-6-2-1-5-11(13)12-8-14(12)17-15(20)18-7-3-4-10(19)9-18/h1-2,5-6,10,12,14,19H,3-4,7-9H2,(H,17,20). The van der Waals surface area contributed by atoms with Crippen molar-refractivity contribution < 1.29 is 9.90 Å². The molecule has 0 radical (unpaired) electrons. The van der Waals surface area contributed by atoms with Crippen molar-refractivity contribution in [2.75, 3.05) is 13.1 Å². The third-order valence-corrected chi connectivity index (χ3v) is 4.81. The molecule has 3 unspecified atom stereocenters. The third-order valence-electron chi connectivity index (χ3n) is 4.09. The van der Waals surface area contributed by atoms with Gasteiger partial charge in [0, 0.05) is 29.5 Å². The van der Waals surface area contributed by atoms with Gasteiger partial charge in [0.25, 0.3) is 0 Å². The molecule has 1 aliphatic carbocycles. The lowest BCUT2D eigenvalue weighted by Gasteiger charge is -2.30. The van der Waals surface area contributed by atoms with E-state index in [0.717, 1.165) is 30.3 Å². The van der Waals surface area contributed by atoms with Crippen LogP contribution in [0.1, 0.15) is 30.7 Å². The maximum atomic E-state index is 12.1. The largest absolute Gasteiger partial charge is 0.391 e. The number of carbonyl (C=O) groups excluding carboxylic acids is 1. The number of aliphatic hydroxyl groups excluding tert-OH is 1. The minimum Gasteiger partial charge on any atom is -0.391 e. The highest BCUT2D eigenvalue weighted by Crippen LogP contribution is 2.43. The maximum Gasteiger partial charge on any atom is 0.317 e. The Bertz CT molecular complexity index is 508. The zero-order chi connectivity index (χ0) is 14.1. The summed E-state index contributed by atoms with van der Waals surface area (Å²) in [6.07, 6.45) is 2.30. The van der Waals surface area contributed by atoms with Crippen LogP contribution in [0.25, 0.3) is 0 Å². The molecule has 2 amide bonds. The highest BCUT2D eigenvalue weighted by molar-refractivity contribution is 9.10. The fourth-order valence-corrected chi connectivity index (χ4v) is 3.44. The Balaban J connectivity index is 1.55. The molecule has 1 saturated carbocycles. The van der Waals surface area contributed by atoms with Crippen LogP contribution in [-0.4, -0.2) is 41.3 Å². The summed E-state index contributed by atoms with van der Waals surface area (Å²) in [4.78, 5) is 13.9. The van der Waals surface area contributed by atoms with Gasteiger partial charge in [-0.2, -0.15) is 0 Å². The lowest BCUT2D eigenvalue weighted by Crippen LogP contribution is -2.47. The van der Waals surface area contributed by atoms with Gasteiger partial charge in [0.2, 0.25) is 0 Å². The quantitative estimate of drug-likeness (QED) is 0.870. The number of urea groups is 1. The van der Waals surface area contributed by atoms with E-state index in [1.165, 1.54) is 5.56 Å². The number of nitrogens with one attached hydrogen (secondary N) is 1. The van der Waals surface area contributed by atoms with Crippen LogP contribution in [0.15, 0.2) is 28.7 Å². The first-order valence-electron chi connectivity index (χ1n) is 7.13. The zero-order valence-corrected chi connectivity index (χ0v) is 12.8. The minimum absolute atomic E-state index is 0.0386. The predicted octanol–water partition coefficient (Wildman–Crippen LogP) is 2.47. The molecular formula is C15H19BrN2O2. The van der Waals surface area contributed by atoms with Crippen LogP contribution < -0.4 is 5.32 Å². The van der Waals surface area contributed by atoms with Gasteiger partial charge in [-0.25, -0.2) is 4.79 Å². The number of benzene rings is 1. The Morgan fingerprint density at radius 3 is 2.95 bits per heavy atom. The average Bonchev–Trinajstić information content (AvgIpc) is 3.18. The number of carbonyl (C=O) groups is 1. The summed E-state index contributed by atoms with van der Waals surface area (Å²) in [5, 5.41) is 12.7. The first-order valence-corrected chi connectivity index (χ1v) is 7.92. The summed E-state index contributed by atoms with van der Waals surface area (Å²) in [5.74, 6) is 0.407. The fraction of sp³-hybridized carbons (Fsp3) is 0.533. The van der Waals surface area contributed by atoms with Gasteiger partial charge in [0.05, 0.1) is 6.10 Å². The number of likely N-dealkylation sites (tertiary alicyclic amines) is 1. The van der Waals surface area contributed by atoms with Crippen molar-refractivity contribution in [3.63, 3.8) is 0 Å². The van der Waals surface area contributed by atoms with Gasteiger partial charge in [-0.1, -0.05) is 34.1 Å². The van der Waals surface area contributed by atoms with Gasteiger partial charge in [-0.05, 0) is 30.9 Å². The topological polar surface area (TPSA) is 52.6 Å². The van der Waals surface area contributed by atoms with E-state index in [4.69, 9.17) is 0 Å². The molecule has 2 N–H and O–H groups in total. The molecule has 3 atom stereocenters. The number of β-amino-alcohol motifs (C(OH)–C–C–N with tert-alkyl or cyclic N) is 1. The summed E-state index contributed by atoms with van der Waals surface area (Å²) in [6, 6.07) is 8.35. The molecule has 3 rings (SSSR count). The van der Waals surface area contributed by atoms with Crippen LogP contribution in [0.5, 0.6) is 0 Å². The van der Waals surface area contributed by atoms with E-state index in [2.05, 4.69) is 27.3 Å². The molecular weight excluding hydrogens is 320 g/mol. The normalized spacial score (nSPS) is 29.1. The first-order chi connectivity index (χ1) is 9.65. The van der Waals surface area contributed by atoms with E-state index in [9.17, 15) is 9.90 Å². The summed E-state index contributed by atoms with van der Waals surface area (Å²) in [5.41, 5.74) is 1.26. The molecule has 4 nitrogen and oxygen atoms in total. The third kappa shape index (κ3) is 2.99. The highest BCUT2D eigenvalue weighted by atomic mass is 79.9. The van der Waals surface area contributed by atoms with Gasteiger partial charge < -0.3 is 15.3 Å². The maximum absolute atomic E-state index is 12.1. The highest BCUT2D eigenvalue weighted by Gasteiger charge is 2.41.